The first-order valence-electron chi connectivity index (χ1n) is 7.60. The minimum atomic E-state index is 0.801. The van der Waals surface area contributed by atoms with Gasteiger partial charge in [-0.15, -0.1) is 0 Å². The number of nitrogens with one attached hydrogen (secondary N) is 1. The van der Waals surface area contributed by atoms with Gasteiger partial charge in [0.1, 0.15) is 0 Å². The SMILES string of the molecule is c1ccc2c(c1)c1ccccc1n2CC1CCNCC1. The van der Waals surface area contributed by atoms with Crippen LogP contribution in [0.1, 0.15) is 12.8 Å². The lowest BCUT2D eigenvalue weighted by Gasteiger charge is -2.23. The molecular weight excluding hydrogens is 244 g/mol. The lowest BCUT2D eigenvalue weighted by Crippen LogP contribution is -2.29. The average molecular weight is 264 g/mol. The summed E-state index contributed by atoms with van der Waals surface area (Å²) < 4.78 is 2.53. The van der Waals surface area contributed by atoms with Crippen LogP contribution in [0, 0.1) is 5.92 Å². The molecule has 0 unspecified atom stereocenters. The fraction of sp³-hybridized carbons (Fsp3) is 0.333. The molecule has 2 heterocycles. The molecule has 1 aliphatic rings. The van der Waals surface area contributed by atoms with Crippen LogP contribution in [-0.4, -0.2) is 17.7 Å². The molecule has 2 aromatic carbocycles. The van der Waals surface area contributed by atoms with Crippen LogP contribution < -0.4 is 5.32 Å². The van der Waals surface area contributed by atoms with Gasteiger partial charge < -0.3 is 9.88 Å². The lowest BCUT2D eigenvalue weighted by molar-refractivity contribution is 0.340. The maximum Gasteiger partial charge on any atom is 0.0491 e. The molecule has 0 aliphatic carbocycles. The highest BCUT2D eigenvalue weighted by molar-refractivity contribution is 6.07. The fourth-order valence-electron chi connectivity index (χ4n) is 3.52. The Morgan fingerprint density at radius 1 is 0.850 bits per heavy atom. The van der Waals surface area contributed by atoms with Crippen molar-refractivity contribution in [3.8, 4) is 0 Å². The van der Waals surface area contributed by atoms with Gasteiger partial charge in [-0.2, -0.15) is 0 Å². The number of hydrogen-bond donors (Lipinski definition) is 1. The summed E-state index contributed by atoms with van der Waals surface area (Å²) in [5.74, 6) is 0.801. The Morgan fingerprint density at radius 2 is 1.40 bits per heavy atom. The maximum absolute atomic E-state index is 3.46. The number of aromatic nitrogens is 1. The van der Waals surface area contributed by atoms with Crippen LogP contribution in [0.15, 0.2) is 48.5 Å². The summed E-state index contributed by atoms with van der Waals surface area (Å²) >= 11 is 0. The van der Waals surface area contributed by atoms with Crippen LogP contribution in [0.2, 0.25) is 0 Å². The van der Waals surface area contributed by atoms with Gasteiger partial charge in [-0.3, -0.25) is 0 Å². The second-order valence-corrected chi connectivity index (χ2v) is 5.84. The second-order valence-electron chi connectivity index (χ2n) is 5.84. The monoisotopic (exact) mass is 264 g/mol. The van der Waals surface area contributed by atoms with Gasteiger partial charge in [0.15, 0.2) is 0 Å². The molecule has 0 bridgehead atoms. The van der Waals surface area contributed by atoms with Gasteiger partial charge >= 0.3 is 0 Å². The summed E-state index contributed by atoms with van der Waals surface area (Å²) in [6, 6.07) is 17.6. The molecule has 3 aromatic rings. The van der Waals surface area contributed by atoms with Crippen molar-refractivity contribution < 1.29 is 0 Å². The molecule has 4 rings (SSSR count). The van der Waals surface area contributed by atoms with Crippen molar-refractivity contribution >= 4 is 21.8 Å². The molecule has 1 saturated heterocycles. The third-order valence-corrected chi connectivity index (χ3v) is 4.58. The number of fused-ring (bicyclic) bond motifs is 3. The van der Waals surface area contributed by atoms with E-state index in [1.165, 1.54) is 47.7 Å². The zero-order valence-electron chi connectivity index (χ0n) is 11.7. The van der Waals surface area contributed by atoms with Crippen LogP contribution in [0.4, 0.5) is 0 Å². The number of piperidine rings is 1. The maximum atomic E-state index is 3.46. The first-order chi connectivity index (χ1) is 9.93. The first-order valence-corrected chi connectivity index (χ1v) is 7.60. The Labute approximate surface area is 119 Å². The van der Waals surface area contributed by atoms with Gasteiger partial charge in [0.2, 0.25) is 0 Å². The first kappa shape index (κ1) is 12.0. The van der Waals surface area contributed by atoms with Crippen LogP contribution in [0.25, 0.3) is 21.8 Å². The molecule has 1 fully saturated rings. The standard InChI is InChI=1S/C18H20N2/c1-3-7-17-15(5-1)16-6-2-4-8-18(16)20(17)13-14-9-11-19-12-10-14/h1-8,14,19H,9-13H2. The van der Waals surface area contributed by atoms with E-state index in [-0.39, 0.29) is 0 Å². The highest BCUT2D eigenvalue weighted by Crippen LogP contribution is 2.30. The van der Waals surface area contributed by atoms with Crippen molar-refractivity contribution in [1.29, 1.82) is 0 Å². The lowest BCUT2D eigenvalue weighted by atomic mass is 9.98. The Morgan fingerprint density at radius 3 is 2.00 bits per heavy atom. The normalized spacial score (nSPS) is 17.0. The minimum absolute atomic E-state index is 0.801. The molecule has 102 valence electrons. The van der Waals surface area contributed by atoms with Gasteiger partial charge in [-0.25, -0.2) is 0 Å². The van der Waals surface area contributed by atoms with Crippen molar-refractivity contribution in [3.05, 3.63) is 48.5 Å². The Balaban J connectivity index is 1.86. The summed E-state index contributed by atoms with van der Waals surface area (Å²) in [5, 5.41) is 6.23. The topological polar surface area (TPSA) is 17.0 Å². The molecule has 1 aromatic heterocycles. The molecule has 20 heavy (non-hydrogen) atoms. The Bertz CT molecular complexity index is 682. The number of nitrogens with zero attached hydrogens (tertiary/aromatic N) is 1. The number of benzene rings is 2. The summed E-state index contributed by atoms with van der Waals surface area (Å²) in [6.07, 6.45) is 2.58. The second kappa shape index (κ2) is 4.95. The van der Waals surface area contributed by atoms with E-state index in [9.17, 15) is 0 Å². The molecule has 0 atom stereocenters. The molecule has 1 aliphatic heterocycles. The fourth-order valence-corrected chi connectivity index (χ4v) is 3.52. The number of hydrogen-bond acceptors (Lipinski definition) is 1. The molecule has 0 radical (unpaired) electrons. The Kier molecular flexibility index (Phi) is 2.96. The zero-order valence-corrected chi connectivity index (χ0v) is 11.7. The van der Waals surface area contributed by atoms with Gasteiger partial charge in [0.05, 0.1) is 0 Å². The molecular formula is C18H20N2. The molecule has 2 heteroatoms. The Hall–Kier alpha value is -1.80. The molecule has 0 spiro atoms. The summed E-state index contributed by atoms with van der Waals surface area (Å²) in [6.45, 7) is 3.49. The van der Waals surface area contributed by atoms with E-state index in [0.29, 0.717) is 0 Å². The number of para-hydroxylation sites is 2. The van der Waals surface area contributed by atoms with Crippen LogP contribution in [0.3, 0.4) is 0 Å². The smallest absolute Gasteiger partial charge is 0.0491 e. The predicted molar refractivity (Wildman–Crippen MR) is 85.0 cm³/mol. The van der Waals surface area contributed by atoms with Gasteiger partial charge in [-0.1, -0.05) is 36.4 Å². The van der Waals surface area contributed by atoms with E-state index >= 15 is 0 Å². The highest BCUT2D eigenvalue weighted by atomic mass is 15.0. The van der Waals surface area contributed by atoms with E-state index in [1.807, 2.05) is 0 Å². The average Bonchev–Trinajstić information content (AvgIpc) is 2.84. The van der Waals surface area contributed by atoms with E-state index in [1.54, 1.807) is 0 Å². The van der Waals surface area contributed by atoms with Gasteiger partial charge in [0.25, 0.3) is 0 Å². The van der Waals surface area contributed by atoms with E-state index in [4.69, 9.17) is 0 Å². The minimum Gasteiger partial charge on any atom is -0.340 e. The predicted octanol–water partition coefficient (Wildman–Crippen LogP) is 3.79. The van der Waals surface area contributed by atoms with Crippen molar-refractivity contribution in [2.24, 2.45) is 5.92 Å². The van der Waals surface area contributed by atoms with Crippen molar-refractivity contribution in [2.75, 3.05) is 13.1 Å². The molecule has 0 amide bonds. The van der Waals surface area contributed by atoms with Gasteiger partial charge in [-0.05, 0) is 44.0 Å². The summed E-state index contributed by atoms with van der Waals surface area (Å²) in [4.78, 5) is 0. The third kappa shape index (κ3) is 1.92. The zero-order chi connectivity index (χ0) is 13.4. The molecule has 1 N–H and O–H groups in total. The molecule has 0 saturated carbocycles. The highest BCUT2D eigenvalue weighted by Gasteiger charge is 2.16. The van der Waals surface area contributed by atoms with E-state index < -0.39 is 0 Å². The molecule has 2 nitrogen and oxygen atoms in total. The summed E-state index contributed by atoms with van der Waals surface area (Å²) in [7, 11) is 0. The van der Waals surface area contributed by atoms with Crippen LogP contribution >= 0.6 is 0 Å². The van der Waals surface area contributed by atoms with Crippen LogP contribution in [0.5, 0.6) is 0 Å². The summed E-state index contributed by atoms with van der Waals surface area (Å²) in [5.41, 5.74) is 2.76. The van der Waals surface area contributed by atoms with E-state index in [2.05, 4.69) is 58.4 Å². The quantitative estimate of drug-likeness (QED) is 0.745. The van der Waals surface area contributed by atoms with Crippen LogP contribution in [-0.2, 0) is 6.54 Å². The third-order valence-electron chi connectivity index (χ3n) is 4.58. The van der Waals surface area contributed by atoms with E-state index in [0.717, 1.165) is 12.5 Å². The van der Waals surface area contributed by atoms with Crippen molar-refractivity contribution in [3.63, 3.8) is 0 Å². The largest absolute Gasteiger partial charge is 0.340 e. The number of rotatable bonds is 2. The van der Waals surface area contributed by atoms with Gasteiger partial charge in [0, 0.05) is 28.4 Å². The van der Waals surface area contributed by atoms with Crippen molar-refractivity contribution in [2.45, 2.75) is 19.4 Å². The van der Waals surface area contributed by atoms with Crippen molar-refractivity contribution in [1.82, 2.24) is 9.88 Å².